The Morgan fingerprint density at radius 2 is 1.21 bits per heavy atom. The van der Waals surface area contributed by atoms with E-state index in [9.17, 15) is 0 Å². The van der Waals surface area contributed by atoms with E-state index in [0.29, 0.717) is 0 Å². The van der Waals surface area contributed by atoms with Gasteiger partial charge in [0.05, 0.1) is 21.3 Å². The molecule has 0 amide bonds. The summed E-state index contributed by atoms with van der Waals surface area (Å²) in [6.45, 7) is 3.92. The second kappa shape index (κ2) is 4.22. The van der Waals surface area contributed by atoms with E-state index in [1.807, 2.05) is 19.9 Å². The molecule has 0 aliphatic heterocycles. The maximum Gasteiger partial charge on any atom is 0.132 e. The Morgan fingerprint density at radius 1 is 0.786 bits per heavy atom. The van der Waals surface area contributed by atoms with Crippen molar-refractivity contribution in [2.45, 2.75) is 13.8 Å². The molecule has 0 atom stereocenters. The molecule has 0 bridgehead atoms. The number of ether oxygens (including phenoxy) is 3. The molecule has 1 aromatic carbocycles. The second-order valence-electron chi connectivity index (χ2n) is 3.06. The van der Waals surface area contributed by atoms with E-state index in [-0.39, 0.29) is 0 Å². The van der Waals surface area contributed by atoms with Gasteiger partial charge in [-0.25, -0.2) is 0 Å². The Bertz CT molecular complexity index is 304. The van der Waals surface area contributed by atoms with Gasteiger partial charge in [0, 0.05) is 17.2 Å². The Hall–Kier alpha value is -1.38. The van der Waals surface area contributed by atoms with Crippen LogP contribution in [-0.4, -0.2) is 21.3 Å². The first-order chi connectivity index (χ1) is 6.65. The average Bonchev–Trinajstić information content (AvgIpc) is 2.19. The highest BCUT2D eigenvalue weighted by Gasteiger charge is 2.13. The summed E-state index contributed by atoms with van der Waals surface area (Å²) < 4.78 is 15.8. The molecule has 0 spiro atoms. The van der Waals surface area contributed by atoms with Gasteiger partial charge in [-0.1, -0.05) is 0 Å². The maximum atomic E-state index is 5.30. The number of hydrogen-bond donors (Lipinski definition) is 0. The van der Waals surface area contributed by atoms with Crippen LogP contribution in [0.25, 0.3) is 0 Å². The van der Waals surface area contributed by atoms with Gasteiger partial charge in [0.25, 0.3) is 0 Å². The Balaban J connectivity index is 3.39. The van der Waals surface area contributed by atoms with Gasteiger partial charge in [-0.05, 0) is 13.8 Å². The van der Waals surface area contributed by atoms with Gasteiger partial charge in [-0.2, -0.15) is 0 Å². The highest BCUT2D eigenvalue weighted by atomic mass is 16.5. The minimum Gasteiger partial charge on any atom is -0.496 e. The molecule has 3 nitrogen and oxygen atoms in total. The largest absolute Gasteiger partial charge is 0.496 e. The first-order valence-corrected chi connectivity index (χ1v) is 4.41. The molecule has 0 N–H and O–H groups in total. The van der Waals surface area contributed by atoms with Crippen molar-refractivity contribution in [3.63, 3.8) is 0 Å². The minimum atomic E-state index is 0.782. The molecule has 0 unspecified atom stereocenters. The summed E-state index contributed by atoms with van der Waals surface area (Å²) in [6, 6.07) is 1.87. The van der Waals surface area contributed by atoms with Crippen molar-refractivity contribution in [2.24, 2.45) is 0 Å². The molecule has 3 heteroatoms. The summed E-state index contributed by atoms with van der Waals surface area (Å²) in [5, 5.41) is 0. The first-order valence-electron chi connectivity index (χ1n) is 4.41. The van der Waals surface area contributed by atoms with Crippen LogP contribution in [-0.2, 0) is 0 Å². The summed E-state index contributed by atoms with van der Waals surface area (Å²) >= 11 is 0. The van der Waals surface area contributed by atoms with Crippen molar-refractivity contribution in [2.75, 3.05) is 21.3 Å². The van der Waals surface area contributed by atoms with Crippen LogP contribution in [0, 0.1) is 13.8 Å². The quantitative estimate of drug-likeness (QED) is 0.742. The van der Waals surface area contributed by atoms with Crippen LogP contribution in [0.3, 0.4) is 0 Å². The van der Waals surface area contributed by atoms with Crippen molar-refractivity contribution in [1.82, 2.24) is 0 Å². The predicted octanol–water partition coefficient (Wildman–Crippen LogP) is 2.33. The molecule has 0 fully saturated rings. The van der Waals surface area contributed by atoms with Crippen LogP contribution in [0.4, 0.5) is 0 Å². The fourth-order valence-electron chi connectivity index (χ4n) is 1.57. The lowest BCUT2D eigenvalue weighted by atomic mass is 10.1. The predicted molar refractivity (Wildman–Crippen MR) is 55.6 cm³/mol. The Labute approximate surface area is 84.6 Å². The SMILES string of the molecule is COc1cc(OC)c(C)c(OC)c1C. The standard InChI is InChI=1S/C11H16O3/c1-7-9(12-3)6-10(13-4)8(2)11(7)14-5/h6H,1-5H3. The van der Waals surface area contributed by atoms with Gasteiger partial charge >= 0.3 is 0 Å². The van der Waals surface area contributed by atoms with E-state index in [4.69, 9.17) is 14.2 Å². The third kappa shape index (κ3) is 1.62. The fraction of sp³-hybridized carbons (Fsp3) is 0.455. The molecule has 0 aliphatic rings. The van der Waals surface area contributed by atoms with E-state index in [1.54, 1.807) is 21.3 Å². The monoisotopic (exact) mass is 196 g/mol. The van der Waals surface area contributed by atoms with Gasteiger partial charge in [0.1, 0.15) is 17.2 Å². The summed E-state index contributed by atoms with van der Waals surface area (Å²) in [7, 11) is 4.92. The van der Waals surface area contributed by atoms with Crippen LogP contribution >= 0.6 is 0 Å². The topological polar surface area (TPSA) is 27.7 Å². The van der Waals surface area contributed by atoms with Crippen LogP contribution in [0.15, 0.2) is 6.07 Å². The average molecular weight is 196 g/mol. The van der Waals surface area contributed by atoms with Gasteiger partial charge in [0.2, 0.25) is 0 Å². The van der Waals surface area contributed by atoms with E-state index in [1.165, 1.54) is 0 Å². The van der Waals surface area contributed by atoms with E-state index in [2.05, 4.69) is 0 Å². The Morgan fingerprint density at radius 3 is 1.50 bits per heavy atom. The number of rotatable bonds is 3. The Kier molecular flexibility index (Phi) is 3.23. The minimum absolute atomic E-state index is 0.782. The molecule has 1 rings (SSSR count). The third-order valence-corrected chi connectivity index (χ3v) is 2.33. The zero-order chi connectivity index (χ0) is 10.7. The van der Waals surface area contributed by atoms with Gasteiger partial charge < -0.3 is 14.2 Å². The zero-order valence-corrected chi connectivity index (χ0v) is 9.30. The zero-order valence-electron chi connectivity index (χ0n) is 9.30. The molecule has 0 aliphatic carbocycles. The molecule has 0 radical (unpaired) electrons. The van der Waals surface area contributed by atoms with Gasteiger partial charge in [-0.15, -0.1) is 0 Å². The van der Waals surface area contributed by atoms with Crippen LogP contribution in [0.5, 0.6) is 17.2 Å². The number of hydrogen-bond acceptors (Lipinski definition) is 3. The van der Waals surface area contributed by atoms with E-state index < -0.39 is 0 Å². The highest BCUT2D eigenvalue weighted by molar-refractivity contribution is 5.55. The number of methoxy groups -OCH3 is 3. The normalized spacial score (nSPS) is 9.79. The van der Waals surface area contributed by atoms with Gasteiger partial charge in [-0.3, -0.25) is 0 Å². The van der Waals surface area contributed by atoms with Crippen molar-refractivity contribution in [3.8, 4) is 17.2 Å². The molecule has 0 saturated heterocycles. The molecule has 78 valence electrons. The van der Waals surface area contributed by atoms with Crippen LogP contribution < -0.4 is 14.2 Å². The second-order valence-corrected chi connectivity index (χ2v) is 3.06. The van der Waals surface area contributed by atoms with E-state index >= 15 is 0 Å². The van der Waals surface area contributed by atoms with Crippen LogP contribution in [0.1, 0.15) is 11.1 Å². The molecule has 0 saturated carbocycles. The molecular formula is C11H16O3. The van der Waals surface area contributed by atoms with Crippen molar-refractivity contribution >= 4 is 0 Å². The molecular weight excluding hydrogens is 180 g/mol. The molecule has 0 aromatic heterocycles. The van der Waals surface area contributed by atoms with Crippen molar-refractivity contribution in [3.05, 3.63) is 17.2 Å². The van der Waals surface area contributed by atoms with E-state index in [0.717, 1.165) is 28.4 Å². The molecule has 1 aromatic rings. The van der Waals surface area contributed by atoms with Crippen molar-refractivity contribution in [1.29, 1.82) is 0 Å². The lowest BCUT2D eigenvalue weighted by molar-refractivity contribution is 0.367. The highest BCUT2D eigenvalue weighted by Crippen LogP contribution is 2.37. The lowest BCUT2D eigenvalue weighted by Gasteiger charge is -2.15. The first kappa shape index (κ1) is 10.7. The van der Waals surface area contributed by atoms with Crippen molar-refractivity contribution < 1.29 is 14.2 Å². The lowest BCUT2D eigenvalue weighted by Crippen LogP contribution is -1.98. The summed E-state index contributed by atoms with van der Waals surface area (Å²) in [4.78, 5) is 0. The number of benzene rings is 1. The van der Waals surface area contributed by atoms with Gasteiger partial charge in [0.15, 0.2) is 0 Å². The smallest absolute Gasteiger partial charge is 0.132 e. The summed E-state index contributed by atoms with van der Waals surface area (Å²) in [5.74, 6) is 2.38. The summed E-state index contributed by atoms with van der Waals surface area (Å²) in [5.41, 5.74) is 1.99. The third-order valence-electron chi connectivity index (χ3n) is 2.33. The molecule has 0 heterocycles. The fourth-order valence-corrected chi connectivity index (χ4v) is 1.57. The molecule has 14 heavy (non-hydrogen) atoms. The van der Waals surface area contributed by atoms with Crippen LogP contribution in [0.2, 0.25) is 0 Å². The summed E-state index contributed by atoms with van der Waals surface area (Å²) in [6.07, 6.45) is 0. The maximum absolute atomic E-state index is 5.30.